The molecule has 0 N–H and O–H groups in total. The van der Waals surface area contributed by atoms with Gasteiger partial charge < -0.3 is 13.6 Å². The zero-order chi connectivity index (χ0) is 13.1. The SMILES string of the molecule is CCOP(=O)(OCC)C(F)(F)c1cccn1C. The summed E-state index contributed by atoms with van der Waals surface area (Å²) in [4.78, 5) is 0. The van der Waals surface area contributed by atoms with Gasteiger partial charge in [-0.3, -0.25) is 4.57 Å². The molecule has 0 aliphatic carbocycles. The first-order valence-corrected chi connectivity index (χ1v) is 6.82. The maximum atomic E-state index is 14.1. The smallest absolute Gasteiger partial charge is 0.349 e. The normalized spacial score (nSPS) is 13.0. The van der Waals surface area contributed by atoms with Crippen LogP contribution in [-0.2, 0) is 26.3 Å². The van der Waals surface area contributed by atoms with E-state index in [4.69, 9.17) is 0 Å². The Morgan fingerprint density at radius 1 is 1.35 bits per heavy atom. The second kappa shape index (κ2) is 5.29. The first kappa shape index (κ1) is 14.4. The number of hydrogen-bond donors (Lipinski definition) is 0. The predicted octanol–water partition coefficient (Wildman–Crippen LogP) is 3.34. The first-order valence-electron chi connectivity index (χ1n) is 5.28. The fraction of sp³-hybridized carbons (Fsp3) is 0.600. The summed E-state index contributed by atoms with van der Waals surface area (Å²) < 4.78 is 50.9. The van der Waals surface area contributed by atoms with Gasteiger partial charge in [-0.15, -0.1) is 0 Å². The summed E-state index contributed by atoms with van der Waals surface area (Å²) in [6.07, 6.45) is 1.45. The van der Waals surface area contributed by atoms with Crippen molar-refractivity contribution in [3.05, 3.63) is 24.0 Å². The van der Waals surface area contributed by atoms with Gasteiger partial charge in [0, 0.05) is 13.2 Å². The highest BCUT2D eigenvalue weighted by Gasteiger charge is 2.56. The number of rotatable bonds is 6. The molecule has 0 saturated heterocycles. The quantitative estimate of drug-likeness (QED) is 0.742. The number of halogens is 2. The monoisotopic (exact) mass is 267 g/mol. The van der Waals surface area contributed by atoms with E-state index in [1.165, 1.54) is 43.8 Å². The molecule has 98 valence electrons. The van der Waals surface area contributed by atoms with Gasteiger partial charge in [-0.2, -0.15) is 8.78 Å². The summed E-state index contributed by atoms with van der Waals surface area (Å²) in [5, 5.41) is 0. The summed E-state index contributed by atoms with van der Waals surface area (Å²) in [6.45, 7) is 2.79. The maximum Gasteiger partial charge on any atom is 0.406 e. The number of alkyl halides is 2. The van der Waals surface area contributed by atoms with Gasteiger partial charge in [-0.25, -0.2) is 0 Å². The third kappa shape index (κ3) is 2.59. The Bertz CT molecular complexity index is 409. The van der Waals surface area contributed by atoms with E-state index in [1.807, 2.05) is 0 Å². The van der Waals surface area contributed by atoms with Crippen LogP contribution in [0.2, 0.25) is 0 Å². The van der Waals surface area contributed by atoms with Crippen LogP contribution >= 0.6 is 7.60 Å². The van der Waals surface area contributed by atoms with E-state index in [0.29, 0.717) is 0 Å². The molecule has 0 spiro atoms. The molecule has 1 rings (SSSR count). The standard InChI is InChI=1S/C10H16F2NO3P/c1-4-15-17(14,16-5-2)10(11,12)9-7-6-8-13(9)3/h6-8H,4-5H2,1-3H3. The summed E-state index contributed by atoms with van der Waals surface area (Å²) in [7, 11) is -3.04. The number of aromatic nitrogens is 1. The van der Waals surface area contributed by atoms with Crippen LogP contribution in [0.15, 0.2) is 18.3 Å². The minimum atomic E-state index is -4.49. The molecule has 1 aromatic heterocycles. The third-order valence-corrected chi connectivity index (χ3v) is 4.31. The molecule has 0 saturated carbocycles. The molecule has 4 nitrogen and oxygen atoms in total. The van der Waals surface area contributed by atoms with Crippen molar-refractivity contribution >= 4 is 7.60 Å². The van der Waals surface area contributed by atoms with Gasteiger partial charge in [0.25, 0.3) is 0 Å². The van der Waals surface area contributed by atoms with E-state index in [-0.39, 0.29) is 18.9 Å². The molecule has 0 aliphatic rings. The van der Waals surface area contributed by atoms with Crippen molar-refractivity contribution in [2.45, 2.75) is 19.5 Å². The molecular weight excluding hydrogens is 251 g/mol. The minimum absolute atomic E-state index is 0.0999. The Balaban J connectivity index is 3.17. The Hall–Kier alpha value is -0.710. The summed E-state index contributed by atoms with van der Waals surface area (Å²) in [5.41, 5.74) is -4.04. The number of nitrogens with zero attached hydrogens (tertiary/aromatic N) is 1. The Morgan fingerprint density at radius 3 is 2.24 bits per heavy atom. The Labute approximate surface area is 99.1 Å². The van der Waals surface area contributed by atoms with Crippen molar-refractivity contribution in [3.63, 3.8) is 0 Å². The van der Waals surface area contributed by atoms with Crippen LogP contribution < -0.4 is 0 Å². The van der Waals surface area contributed by atoms with E-state index < -0.39 is 13.3 Å². The van der Waals surface area contributed by atoms with Crippen LogP contribution in [0.1, 0.15) is 19.5 Å². The molecule has 0 fully saturated rings. The fourth-order valence-corrected chi connectivity index (χ4v) is 3.04. The fourth-order valence-electron chi connectivity index (χ4n) is 1.45. The largest absolute Gasteiger partial charge is 0.406 e. The highest BCUT2D eigenvalue weighted by molar-refractivity contribution is 7.54. The molecule has 0 unspecified atom stereocenters. The van der Waals surface area contributed by atoms with E-state index in [0.717, 1.165) is 0 Å². The maximum absolute atomic E-state index is 14.1. The van der Waals surface area contributed by atoms with Crippen LogP contribution in [0, 0.1) is 0 Å². The molecule has 0 bridgehead atoms. The average Bonchev–Trinajstić information content (AvgIpc) is 2.65. The molecule has 17 heavy (non-hydrogen) atoms. The zero-order valence-corrected chi connectivity index (χ0v) is 10.9. The van der Waals surface area contributed by atoms with Crippen LogP contribution in [0.25, 0.3) is 0 Å². The molecular formula is C10H16F2NO3P. The third-order valence-electron chi connectivity index (χ3n) is 2.19. The van der Waals surface area contributed by atoms with Gasteiger partial charge in [0.05, 0.1) is 13.2 Å². The van der Waals surface area contributed by atoms with Crippen LogP contribution in [-0.4, -0.2) is 17.8 Å². The Kier molecular flexibility index (Phi) is 4.47. The van der Waals surface area contributed by atoms with Gasteiger partial charge >= 0.3 is 13.3 Å². The lowest BCUT2D eigenvalue weighted by molar-refractivity contribution is 0.0300. The van der Waals surface area contributed by atoms with Crippen molar-refractivity contribution in [3.8, 4) is 0 Å². The van der Waals surface area contributed by atoms with Crippen molar-refractivity contribution in [2.24, 2.45) is 7.05 Å². The van der Waals surface area contributed by atoms with Crippen LogP contribution in [0.3, 0.4) is 0 Å². The van der Waals surface area contributed by atoms with Crippen molar-refractivity contribution in [2.75, 3.05) is 13.2 Å². The van der Waals surface area contributed by atoms with E-state index >= 15 is 0 Å². The molecule has 0 aromatic carbocycles. The zero-order valence-electron chi connectivity index (χ0n) is 10.0. The molecule has 1 heterocycles. The molecule has 1 aromatic rings. The second-order valence-electron chi connectivity index (χ2n) is 3.38. The molecule has 0 atom stereocenters. The summed E-state index contributed by atoms with van der Waals surface area (Å²) in [6, 6.07) is 2.65. The average molecular weight is 267 g/mol. The van der Waals surface area contributed by atoms with Gasteiger partial charge in [-0.1, -0.05) is 0 Å². The molecule has 7 heteroatoms. The molecule has 0 amide bonds. The number of aryl methyl sites for hydroxylation is 1. The number of hydrogen-bond acceptors (Lipinski definition) is 3. The van der Waals surface area contributed by atoms with E-state index in [1.54, 1.807) is 0 Å². The predicted molar refractivity (Wildman–Crippen MR) is 60.2 cm³/mol. The van der Waals surface area contributed by atoms with Gasteiger partial charge in [0.15, 0.2) is 0 Å². The summed E-state index contributed by atoms with van der Waals surface area (Å²) in [5.74, 6) is 0. The van der Waals surface area contributed by atoms with Crippen molar-refractivity contribution < 1.29 is 22.4 Å². The lowest BCUT2D eigenvalue weighted by atomic mass is 10.4. The molecule has 0 aliphatic heterocycles. The summed E-state index contributed by atoms with van der Waals surface area (Å²) >= 11 is 0. The van der Waals surface area contributed by atoms with Gasteiger partial charge in [-0.05, 0) is 26.0 Å². The van der Waals surface area contributed by atoms with Crippen LogP contribution in [0.4, 0.5) is 8.78 Å². The Morgan fingerprint density at radius 2 is 1.88 bits per heavy atom. The minimum Gasteiger partial charge on any atom is -0.349 e. The van der Waals surface area contributed by atoms with E-state index in [2.05, 4.69) is 9.05 Å². The van der Waals surface area contributed by atoms with Crippen LogP contribution in [0.5, 0.6) is 0 Å². The first-order chi connectivity index (χ1) is 7.89. The second-order valence-corrected chi connectivity index (χ2v) is 5.45. The van der Waals surface area contributed by atoms with Gasteiger partial charge in [0.2, 0.25) is 0 Å². The highest BCUT2D eigenvalue weighted by Crippen LogP contribution is 2.66. The van der Waals surface area contributed by atoms with Crippen molar-refractivity contribution in [1.29, 1.82) is 0 Å². The van der Waals surface area contributed by atoms with E-state index in [9.17, 15) is 13.3 Å². The lowest BCUT2D eigenvalue weighted by Crippen LogP contribution is -2.21. The topological polar surface area (TPSA) is 40.5 Å². The van der Waals surface area contributed by atoms with Gasteiger partial charge in [0.1, 0.15) is 5.69 Å². The highest BCUT2D eigenvalue weighted by atomic mass is 31.2. The molecule has 0 radical (unpaired) electrons. The lowest BCUT2D eigenvalue weighted by Gasteiger charge is -2.26. The van der Waals surface area contributed by atoms with Crippen molar-refractivity contribution in [1.82, 2.24) is 4.57 Å².